The molecule has 0 spiro atoms. The van der Waals surface area contributed by atoms with E-state index in [4.69, 9.17) is 5.11 Å². The number of aliphatic hydroxyl groups is 1. The molecule has 1 fully saturated rings. The second-order valence-electron chi connectivity index (χ2n) is 4.70. The van der Waals surface area contributed by atoms with Crippen LogP contribution >= 0.6 is 0 Å². The molecule has 1 heterocycles. The van der Waals surface area contributed by atoms with Crippen LogP contribution in [0.1, 0.15) is 39.5 Å². The minimum absolute atomic E-state index is 0.127. The first kappa shape index (κ1) is 13.5. The summed E-state index contributed by atoms with van der Waals surface area (Å²) in [6.45, 7) is 5.22. The zero-order chi connectivity index (χ0) is 12.0. The molecule has 0 radical (unpaired) electrons. The predicted molar refractivity (Wildman–Crippen MR) is 64.1 cm³/mol. The van der Waals surface area contributed by atoms with E-state index in [2.05, 4.69) is 17.6 Å². The normalized spacial score (nSPS) is 27.4. The second-order valence-corrected chi connectivity index (χ2v) is 4.70. The monoisotopic (exact) mass is 228 g/mol. The van der Waals surface area contributed by atoms with Crippen molar-refractivity contribution < 1.29 is 9.90 Å². The van der Waals surface area contributed by atoms with Gasteiger partial charge in [-0.25, -0.2) is 0 Å². The number of hydrogen-bond acceptors (Lipinski definition) is 3. The average molecular weight is 228 g/mol. The SMILES string of the molecule is CCC(CCO)NC(=O)C1CCNC(C)C1. The Morgan fingerprint density at radius 3 is 2.94 bits per heavy atom. The third kappa shape index (κ3) is 4.10. The van der Waals surface area contributed by atoms with Gasteiger partial charge in [-0.3, -0.25) is 4.79 Å². The molecule has 1 aliphatic heterocycles. The number of carbonyl (C=O) groups is 1. The lowest BCUT2D eigenvalue weighted by Crippen LogP contribution is -2.45. The molecule has 1 rings (SSSR count). The topological polar surface area (TPSA) is 61.4 Å². The molecule has 4 nitrogen and oxygen atoms in total. The van der Waals surface area contributed by atoms with E-state index < -0.39 is 0 Å². The number of aliphatic hydroxyl groups excluding tert-OH is 1. The maximum atomic E-state index is 12.0. The van der Waals surface area contributed by atoms with Crippen LogP contribution in [0.4, 0.5) is 0 Å². The molecule has 3 unspecified atom stereocenters. The molecule has 1 aliphatic rings. The van der Waals surface area contributed by atoms with Crippen molar-refractivity contribution in [1.29, 1.82) is 0 Å². The third-order valence-corrected chi connectivity index (χ3v) is 3.31. The Balaban J connectivity index is 2.37. The highest BCUT2D eigenvalue weighted by molar-refractivity contribution is 5.79. The van der Waals surface area contributed by atoms with E-state index in [-0.39, 0.29) is 24.5 Å². The Bertz CT molecular complexity index is 221. The van der Waals surface area contributed by atoms with Gasteiger partial charge >= 0.3 is 0 Å². The van der Waals surface area contributed by atoms with Crippen LogP contribution < -0.4 is 10.6 Å². The fraction of sp³-hybridized carbons (Fsp3) is 0.917. The number of piperidine rings is 1. The number of hydrogen-bond donors (Lipinski definition) is 3. The van der Waals surface area contributed by atoms with E-state index in [0.717, 1.165) is 25.8 Å². The summed E-state index contributed by atoms with van der Waals surface area (Å²) < 4.78 is 0. The zero-order valence-electron chi connectivity index (χ0n) is 10.3. The van der Waals surface area contributed by atoms with Crippen molar-refractivity contribution in [2.45, 2.75) is 51.6 Å². The summed E-state index contributed by atoms with van der Waals surface area (Å²) in [5.41, 5.74) is 0. The Morgan fingerprint density at radius 2 is 2.38 bits per heavy atom. The van der Waals surface area contributed by atoms with Crippen LogP contribution in [0.25, 0.3) is 0 Å². The fourth-order valence-corrected chi connectivity index (χ4v) is 2.22. The first-order chi connectivity index (χ1) is 7.67. The van der Waals surface area contributed by atoms with Gasteiger partial charge in [0.05, 0.1) is 0 Å². The Labute approximate surface area is 97.8 Å². The van der Waals surface area contributed by atoms with Crippen LogP contribution in [-0.2, 0) is 4.79 Å². The standard InChI is InChI=1S/C12H24N2O2/c1-3-11(5-7-15)14-12(16)10-4-6-13-9(2)8-10/h9-11,13,15H,3-8H2,1-2H3,(H,14,16). The van der Waals surface area contributed by atoms with Gasteiger partial charge in [-0.1, -0.05) is 6.92 Å². The van der Waals surface area contributed by atoms with Crippen LogP contribution in [0, 0.1) is 5.92 Å². The quantitative estimate of drug-likeness (QED) is 0.647. The minimum Gasteiger partial charge on any atom is -0.396 e. The van der Waals surface area contributed by atoms with Gasteiger partial charge in [-0.15, -0.1) is 0 Å². The molecule has 0 aromatic carbocycles. The number of rotatable bonds is 5. The van der Waals surface area contributed by atoms with Crippen LogP contribution in [0.3, 0.4) is 0 Å². The van der Waals surface area contributed by atoms with Crippen molar-refractivity contribution in [3.05, 3.63) is 0 Å². The van der Waals surface area contributed by atoms with Gasteiger partial charge in [0.25, 0.3) is 0 Å². The zero-order valence-corrected chi connectivity index (χ0v) is 10.3. The molecule has 3 N–H and O–H groups in total. The van der Waals surface area contributed by atoms with Crippen molar-refractivity contribution in [3.63, 3.8) is 0 Å². The van der Waals surface area contributed by atoms with Gasteiger partial charge in [0, 0.05) is 24.6 Å². The molecule has 3 atom stereocenters. The third-order valence-electron chi connectivity index (χ3n) is 3.31. The van der Waals surface area contributed by atoms with Crippen LogP contribution in [-0.4, -0.2) is 36.2 Å². The van der Waals surface area contributed by atoms with E-state index in [0.29, 0.717) is 12.5 Å². The molecule has 0 aromatic heterocycles. The van der Waals surface area contributed by atoms with Crippen molar-refractivity contribution in [3.8, 4) is 0 Å². The van der Waals surface area contributed by atoms with E-state index in [1.54, 1.807) is 0 Å². The Kier molecular flexibility index (Phi) is 5.77. The van der Waals surface area contributed by atoms with E-state index >= 15 is 0 Å². The van der Waals surface area contributed by atoms with Crippen LogP contribution in [0.2, 0.25) is 0 Å². The summed E-state index contributed by atoms with van der Waals surface area (Å²) in [4.78, 5) is 12.0. The van der Waals surface area contributed by atoms with Crippen LogP contribution in [0.15, 0.2) is 0 Å². The van der Waals surface area contributed by atoms with E-state index in [9.17, 15) is 4.79 Å². The summed E-state index contributed by atoms with van der Waals surface area (Å²) in [6.07, 6.45) is 3.38. The van der Waals surface area contributed by atoms with E-state index in [1.807, 2.05) is 6.92 Å². The molecule has 4 heteroatoms. The van der Waals surface area contributed by atoms with Crippen molar-refractivity contribution in [2.24, 2.45) is 5.92 Å². The molecule has 0 aromatic rings. The summed E-state index contributed by atoms with van der Waals surface area (Å²) >= 11 is 0. The molecular weight excluding hydrogens is 204 g/mol. The molecule has 0 saturated carbocycles. The lowest BCUT2D eigenvalue weighted by atomic mass is 9.92. The summed E-state index contributed by atoms with van der Waals surface area (Å²) in [7, 11) is 0. The van der Waals surface area contributed by atoms with Crippen LogP contribution in [0.5, 0.6) is 0 Å². The number of carbonyl (C=O) groups excluding carboxylic acids is 1. The lowest BCUT2D eigenvalue weighted by Gasteiger charge is -2.28. The highest BCUT2D eigenvalue weighted by Crippen LogP contribution is 2.16. The molecule has 1 saturated heterocycles. The van der Waals surface area contributed by atoms with Gasteiger partial charge in [0.1, 0.15) is 0 Å². The highest BCUT2D eigenvalue weighted by atomic mass is 16.3. The Hall–Kier alpha value is -0.610. The minimum atomic E-state index is 0.127. The molecule has 94 valence electrons. The van der Waals surface area contributed by atoms with Gasteiger partial charge in [-0.2, -0.15) is 0 Å². The van der Waals surface area contributed by atoms with E-state index in [1.165, 1.54) is 0 Å². The molecular formula is C12H24N2O2. The lowest BCUT2D eigenvalue weighted by molar-refractivity contribution is -0.126. The summed E-state index contributed by atoms with van der Waals surface area (Å²) in [5.74, 6) is 0.303. The smallest absolute Gasteiger partial charge is 0.223 e. The average Bonchev–Trinajstić information content (AvgIpc) is 2.28. The summed E-state index contributed by atoms with van der Waals surface area (Å²) in [5, 5.41) is 15.2. The maximum Gasteiger partial charge on any atom is 0.223 e. The first-order valence-electron chi connectivity index (χ1n) is 6.32. The van der Waals surface area contributed by atoms with Crippen molar-refractivity contribution in [2.75, 3.05) is 13.2 Å². The summed E-state index contributed by atoms with van der Waals surface area (Å²) in [6, 6.07) is 0.560. The van der Waals surface area contributed by atoms with Crippen molar-refractivity contribution in [1.82, 2.24) is 10.6 Å². The first-order valence-corrected chi connectivity index (χ1v) is 6.32. The number of amides is 1. The highest BCUT2D eigenvalue weighted by Gasteiger charge is 2.25. The van der Waals surface area contributed by atoms with Gasteiger partial charge in [-0.05, 0) is 39.2 Å². The van der Waals surface area contributed by atoms with Gasteiger partial charge in [0.15, 0.2) is 0 Å². The molecule has 0 bridgehead atoms. The molecule has 1 amide bonds. The molecule has 16 heavy (non-hydrogen) atoms. The Morgan fingerprint density at radius 1 is 1.62 bits per heavy atom. The van der Waals surface area contributed by atoms with Gasteiger partial charge < -0.3 is 15.7 Å². The molecule has 0 aliphatic carbocycles. The largest absolute Gasteiger partial charge is 0.396 e. The predicted octanol–water partition coefficient (Wildman–Crippen LogP) is 0.652. The fourth-order valence-electron chi connectivity index (χ4n) is 2.22. The second kappa shape index (κ2) is 6.86. The maximum absolute atomic E-state index is 12.0. The number of nitrogens with one attached hydrogen (secondary N) is 2. The van der Waals surface area contributed by atoms with Crippen molar-refractivity contribution >= 4 is 5.91 Å². The van der Waals surface area contributed by atoms with Gasteiger partial charge in [0.2, 0.25) is 5.91 Å².